The van der Waals surface area contributed by atoms with E-state index in [0.29, 0.717) is 6.54 Å². The highest BCUT2D eigenvalue weighted by atomic mass is 16.3. The summed E-state index contributed by atoms with van der Waals surface area (Å²) in [6, 6.07) is 2.11. The van der Waals surface area contributed by atoms with Gasteiger partial charge in [0.15, 0.2) is 5.78 Å². The van der Waals surface area contributed by atoms with E-state index in [4.69, 9.17) is 0 Å². The van der Waals surface area contributed by atoms with Crippen LogP contribution in [0.2, 0.25) is 0 Å². The SMILES string of the molecule is C=CCn1c(C)cc(C(=O)CN2CCC[C@@H]2CO)c1C. The summed E-state index contributed by atoms with van der Waals surface area (Å²) in [4.78, 5) is 14.6. The van der Waals surface area contributed by atoms with Crippen molar-refractivity contribution >= 4 is 5.78 Å². The number of likely N-dealkylation sites (tertiary alicyclic amines) is 1. The molecule has 1 fully saturated rings. The number of aryl methyl sites for hydroxylation is 1. The molecule has 1 aliphatic rings. The first-order valence-electron chi connectivity index (χ1n) is 7.24. The monoisotopic (exact) mass is 276 g/mol. The second kappa shape index (κ2) is 6.37. The van der Waals surface area contributed by atoms with E-state index in [9.17, 15) is 9.90 Å². The van der Waals surface area contributed by atoms with Gasteiger partial charge in [-0.05, 0) is 39.3 Å². The molecule has 0 radical (unpaired) electrons. The van der Waals surface area contributed by atoms with Crippen molar-refractivity contribution in [1.82, 2.24) is 9.47 Å². The molecule has 0 spiro atoms. The van der Waals surface area contributed by atoms with Crippen molar-refractivity contribution in [3.8, 4) is 0 Å². The van der Waals surface area contributed by atoms with Crippen LogP contribution in [0.25, 0.3) is 0 Å². The maximum atomic E-state index is 12.5. The van der Waals surface area contributed by atoms with E-state index in [-0.39, 0.29) is 18.4 Å². The van der Waals surface area contributed by atoms with Crippen LogP contribution in [0.1, 0.15) is 34.6 Å². The lowest BCUT2D eigenvalue weighted by Gasteiger charge is -2.21. The number of aliphatic hydroxyl groups is 1. The van der Waals surface area contributed by atoms with E-state index < -0.39 is 0 Å². The predicted octanol–water partition coefficient (Wildman–Crippen LogP) is 1.93. The molecule has 0 amide bonds. The summed E-state index contributed by atoms with van der Waals surface area (Å²) < 4.78 is 2.10. The molecule has 0 bridgehead atoms. The summed E-state index contributed by atoms with van der Waals surface area (Å²) in [6.07, 6.45) is 3.89. The normalized spacial score (nSPS) is 19.4. The van der Waals surface area contributed by atoms with Crippen LogP contribution in [0.4, 0.5) is 0 Å². The van der Waals surface area contributed by atoms with E-state index in [1.54, 1.807) is 0 Å². The number of Topliss-reactive ketones (excluding diaryl/α,β-unsaturated/α-hetero) is 1. The number of rotatable bonds is 6. The van der Waals surface area contributed by atoms with Crippen LogP contribution < -0.4 is 0 Å². The summed E-state index contributed by atoms with van der Waals surface area (Å²) in [5.74, 6) is 0.147. The predicted molar refractivity (Wildman–Crippen MR) is 80.1 cm³/mol. The summed E-state index contributed by atoms with van der Waals surface area (Å²) in [5.41, 5.74) is 2.89. The van der Waals surface area contributed by atoms with E-state index in [1.807, 2.05) is 26.0 Å². The molecule has 1 N–H and O–H groups in total. The van der Waals surface area contributed by atoms with Gasteiger partial charge in [0.2, 0.25) is 0 Å². The number of hydrogen-bond donors (Lipinski definition) is 1. The van der Waals surface area contributed by atoms with Crippen molar-refractivity contribution in [2.75, 3.05) is 19.7 Å². The Morgan fingerprint density at radius 3 is 2.95 bits per heavy atom. The highest BCUT2D eigenvalue weighted by Crippen LogP contribution is 2.20. The number of ketones is 1. The quantitative estimate of drug-likeness (QED) is 0.638. The molecule has 0 aromatic carbocycles. The van der Waals surface area contributed by atoms with Gasteiger partial charge in [-0.15, -0.1) is 6.58 Å². The highest BCUT2D eigenvalue weighted by molar-refractivity contribution is 5.99. The number of hydrogen-bond acceptors (Lipinski definition) is 3. The fourth-order valence-electron chi connectivity index (χ4n) is 3.07. The Hall–Kier alpha value is -1.39. The van der Waals surface area contributed by atoms with Gasteiger partial charge in [-0.3, -0.25) is 9.69 Å². The average Bonchev–Trinajstić information content (AvgIpc) is 2.98. The fraction of sp³-hybridized carbons (Fsp3) is 0.562. The third-order valence-electron chi connectivity index (χ3n) is 4.24. The molecule has 4 nitrogen and oxygen atoms in total. The smallest absolute Gasteiger partial charge is 0.178 e. The van der Waals surface area contributed by atoms with Crippen molar-refractivity contribution < 1.29 is 9.90 Å². The summed E-state index contributed by atoms with van der Waals surface area (Å²) in [6.45, 7) is 9.93. The summed E-state index contributed by atoms with van der Waals surface area (Å²) in [5, 5.41) is 9.32. The Balaban J connectivity index is 2.13. The van der Waals surface area contributed by atoms with E-state index in [1.165, 1.54) is 0 Å². The fourth-order valence-corrected chi connectivity index (χ4v) is 3.07. The number of carbonyl (C=O) groups is 1. The van der Waals surface area contributed by atoms with Gasteiger partial charge in [-0.1, -0.05) is 6.08 Å². The second-order valence-electron chi connectivity index (χ2n) is 5.56. The Labute approximate surface area is 120 Å². The van der Waals surface area contributed by atoms with Gasteiger partial charge in [-0.25, -0.2) is 0 Å². The first kappa shape index (κ1) is 15.0. The second-order valence-corrected chi connectivity index (χ2v) is 5.56. The van der Waals surface area contributed by atoms with Gasteiger partial charge < -0.3 is 9.67 Å². The molecule has 1 aliphatic heterocycles. The van der Waals surface area contributed by atoms with E-state index in [0.717, 1.165) is 42.9 Å². The Kier molecular flexibility index (Phi) is 4.78. The topological polar surface area (TPSA) is 45.5 Å². The zero-order valence-electron chi connectivity index (χ0n) is 12.4. The van der Waals surface area contributed by atoms with Crippen molar-refractivity contribution in [1.29, 1.82) is 0 Å². The molecular formula is C16H24N2O2. The molecule has 1 aromatic heterocycles. The summed E-state index contributed by atoms with van der Waals surface area (Å²) >= 11 is 0. The van der Waals surface area contributed by atoms with E-state index >= 15 is 0 Å². The van der Waals surface area contributed by atoms with Crippen LogP contribution in [0.5, 0.6) is 0 Å². The third kappa shape index (κ3) is 2.86. The number of allylic oxidation sites excluding steroid dienone is 1. The van der Waals surface area contributed by atoms with E-state index in [2.05, 4.69) is 16.0 Å². The third-order valence-corrected chi connectivity index (χ3v) is 4.24. The lowest BCUT2D eigenvalue weighted by atomic mass is 10.1. The number of aliphatic hydroxyl groups excluding tert-OH is 1. The Bertz CT molecular complexity index is 505. The summed E-state index contributed by atoms with van der Waals surface area (Å²) in [7, 11) is 0. The lowest BCUT2D eigenvalue weighted by molar-refractivity contribution is 0.0887. The first-order valence-corrected chi connectivity index (χ1v) is 7.24. The van der Waals surface area contributed by atoms with Gasteiger partial charge in [0, 0.05) is 29.5 Å². The molecule has 2 rings (SSSR count). The molecule has 110 valence electrons. The lowest BCUT2D eigenvalue weighted by Crippen LogP contribution is -2.36. The van der Waals surface area contributed by atoms with Crippen LogP contribution in [-0.4, -0.2) is 46.1 Å². The maximum absolute atomic E-state index is 12.5. The maximum Gasteiger partial charge on any atom is 0.178 e. The van der Waals surface area contributed by atoms with Crippen LogP contribution in [-0.2, 0) is 6.54 Å². The van der Waals surface area contributed by atoms with Gasteiger partial charge in [0.1, 0.15) is 0 Å². The zero-order chi connectivity index (χ0) is 14.7. The van der Waals surface area contributed by atoms with Crippen molar-refractivity contribution in [3.05, 3.63) is 35.7 Å². The first-order chi connectivity index (χ1) is 9.58. The number of nitrogens with zero attached hydrogens (tertiary/aromatic N) is 2. The minimum atomic E-state index is 0.142. The number of carbonyl (C=O) groups excluding carboxylic acids is 1. The van der Waals surface area contributed by atoms with Crippen LogP contribution in [0.15, 0.2) is 18.7 Å². The molecule has 20 heavy (non-hydrogen) atoms. The number of aromatic nitrogens is 1. The molecule has 0 saturated carbocycles. The molecule has 0 aliphatic carbocycles. The minimum absolute atomic E-state index is 0.142. The highest BCUT2D eigenvalue weighted by Gasteiger charge is 2.26. The Morgan fingerprint density at radius 2 is 2.30 bits per heavy atom. The standard InChI is InChI=1S/C16H24N2O2/c1-4-7-18-12(2)9-15(13(18)3)16(20)10-17-8-5-6-14(17)11-19/h4,9,14,19H,1,5-8,10-11H2,2-3H3/t14-/m1/s1. The van der Waals surface area contributed by atoms with Crippen molar-refractivity contribution in [2.45, 2.75) is 39.3 Å². The van der Waals surface area contributed by atoms with Gasteiger partial charge in [-0.2, -0.15) is 0 Å². The molecule has 0 unspecified atom stereocenters. The molecule has 1 saturated heterocycles. The average molecular weight is 276 g/mol. The largest absolute Gasteiger partial charge is 0.395 e. The minimum Gasteiger partial charge on any atom is -0.395 e. The van der Waals surface area contributed by atoms with Crippen LogP contribution >= 0.6 is 0 Å². The molecule has 2 heterocycles. The molecule has 4 heteroatoms. The zero-order valence-corrected chi connectivity index (χ0v) is 12.4. The van der Waals surface area contributed by atoms with Gasteiger partial charge >= 0.3 is 0 Å². The van der Waals surface area contributed by atoms with Gasteiger partial charge in [0.25, 0.3) is 0 Å². The van der Waals surface area contributed by atoms with Crippen LogP contribution in [0.3, 0.4) is 0 Å². The molecule has 1 aromatic rings. The molecular weight excluding hydrogens is 252 g/mol. The van der Waals surface area contributed by atoms with Crippen molar-refractivity contribution in [3.63, 3.8) is 0 Å². The van der Waals surface area contributed by atoms with Crippen LogP contribution in [0, 0.1) is 13.8 Å². The van der Waals surface area contributed by atoms with Gasteiger partial charge in [0.05, 0.1) is 13.2 Å². The van der Waals surface area contributed by atoms with Crippen molar-refractivity contribution in [2.24, 2.45) is 0 Å². The Morgan fingerprint density at radius 1 is 1.55 bits per heavy atom. The molecule has 1 atom stereocenters.